The number of carbonyl (C=O) groups is 2. The first-order chi connectivity index (χ1) is 16.0. The summed E-state index contributed by atoms with van der Waals surface area (Å²) in [4.78, 5) is 36.5. The minimum atomic E-state index is -0.112. The summed E-state index contributed by atoms with van der Waals surface area (Å²) >= 11 is 0. The highest BCUT2D eigenvalue weighted by Gasteiger charge is 2.47. The van der Waals surface area contributed by atoms with Crippen LogP contribution < -0.4 is 15.5 Å². The van der Waals surface area contributed by atoms with Gasteiger partial charge in [-0.3, -0.25) is 9.59 Å². The molecule has 8 heteroatoms. The van der Waals surface area contributed by atoms with Gasteiger partial charge >= 0.3 is 0 Å². The van der Waals surface area contributed by atoms with Crippen LogP contribution in [-0.4, -0.2) is 47.1 Å². The third-order valence-electron chi connectivity index (χ3n) is 7.10. The fourth-order valence-electron chi connectivity index (χ4n) is 5.33. The number of benzene rings is 1. The number of anilines is 2. The van der Waals surface area contributed by atoms with Crippen LogP contribution in [0.15, 0.2) is 36.7 Å². The Morgan fingerprint density at radius 2 is 1.82 bits per heavy atom. The van der Waals surface area contributed by atoms with Crippen LogP contribution in [-0.2, 0) is 9.53 Å². The molecule has 3 unspecified atom stereocenters. The van der Waals surface area contributed by atoms with E-state index in [1.807, 2.05) is 23.1 Å². The first-order valence-electron chi connectivity index (χ1n) is 11.9. The topological polar surface area (TPSA) is 96.5 Å². The van der Waals surface area contributed by atoms with E-state index in [1.54, 1.807) is 25.4 Å². The van der Waals surface area contributed by atoms with Crippen molar-refractivity contribution >= 4 is 23.5 Å². The van der Waals surface area contributed by atoms with Crippen molar-refractivity contribution in [1.82, 2.24) is 15.3 Å². The quantitative estimate of drug-likeness (QED) is 0.727. The van der Waals surface area contributed by atoms with Gasteiger partial charge in [-0.25, -0.2) is 9.97 Å². The monoisotopic (exact) mass is 449 g/mol. The normalized spacial score (nSPS) is 25.3. The minimum Gasteiger partial charge on any atom is -0.381 e. The average molecular weight is 450 g/mol. The SMILES string of the molecule is CC(=O)N1c2ccc(C(=O)NC3CCOCC3)cc2C(Nc2ncccn2)C(C)C1C1CC1. The lowest BCUT2D eigenvalue weighted by molar-refractivity contribution is -0.117. The van der Waals surface area contributed by atoms with Gasteiger partial charge in [-0.2, -0.15) is 0 Å². The maximum atomic E-state index is 13.1. The van der Waals surface area contributed by atoms with Gasteiger partial charge in [0, 0.05) is 61.8 Å². The Bertz CT molecular complexity index is 1020. The Morgan fingerprint density at radius 1 is 1.09 bits per heavy atom. The summed E-state index contributed by atoms with van der Waals surface area (Å²) in [5.74, 6) is 1.11. The minimum absolute atomic E-state index is 0.0359. The van der Waals surface area contributed by atoms with Gasteiger partial charge in [0.15, 0.2) is 0 Å². The Labute approximate surface area is 194 Å². The molecule has 0 spiro atoms. The number of carbonyl (C=O) groups excluding carboxylic acids is 2. The molecular weight excluding hydrogens is 418 g/mol. The van der Waals surface area contributed by atoms with E-state index < -0.39 is 0 Å². The van der Waals surface area contributed by atoms with Crippen molar-refractivity contribution < 1.29 is 14.3 Å². The molecule has 2 N–H and O–H groups in total. The Kier molecular flexibility index (Phi) is 6.01. The van der Waals surface area contributed by atoms with Gasteiger partial charge in [0.2, 0.25) is 11.9 Å². The van der Waals surface area contributed by atoms with Crippen molar-refractivity contribution in [2.24, 2.45) is 11.8 Å². The third-order valence-corrected chi connectivity index (χ3v) is 7.10. The number of hydrogen-bond acceptors (Lipinski definition) is 6. The van der Waals surface area contributed by atoms with Gasteiger partial charge in [0.25, 0.3) is 5.91 Å². The first-order valence-corrected chi connectivity index (χ1v) is 11.9. The van der Waals surface area contributed by atoms with Crippen molar-refractivity contribution in [3.05, 3.63) is 47.8 Å². The predicted octanol–water partition coefficient (Wildman–Crippen LogP) is 3.32. The largest absolute Gasteiger partial charge is 0.381 e. The molecule has 1 aromatic heterocycles. The zero-order chi connectivity index (χ0) is 22.9. The fourth-order valence-corrected chi connectivity index (χ4v) is 5.33. The molecule has 2 amide bonds. The summed E-state index contributed by atoms with van der Waals surface area (Å²) in [6.07, 6.45) is 7.33. The molecule has 2 aliphatic heterocycles. The molecule has 33 heavy (non-hydrogen) atoms. The number of fused-ring (bicyclic) bond motifs is 1. The van der Waals surface area contributed by atoms with E-state index in [1.165, 1.54) is 0 Å². The lowest BCUT2D eigenvalue weighted by Gasteiger charge is -2.45. The number of nitrogens with zero attached hydrogens (tertiary/aromatic N) is 3. The van der Waals surface area contributed by atoms with E-state index in [0.717, 1.165) is 36.9 Å². The van der Waals surface area contributed by atoms with Crippen molar-refractivity contribution in [3.8, 4) is 0 Å². The smallest absolute Gasteiger partial charge is 0.251 e. The number of hydrogen-bond donors (Lipinski definition) is 2. The Hall–Kier alpha value is -3.00. The zero-order valence-corrected chi connectivity index (χ0v) is 19.2. The second kappa shape index (κ2) is 9.09. The molecule has 1 aromatic carbocycles. The van der Waals surface area contributed by atoms with E-state index >= 15 is 0 Å². The second-order valence-corrected chi connectivity index (χ2v) is 9.40. The van der Waals surface area contributed by atoms with Gasteiger partial charge in [-0.15, -0.1) is 0 Å². The summed E-state index contributed by atoms with van der Waals surface area (Å²) in [7, 11) is 0. The first kappa shape index (κ1) is 21.8. The standard InChI is InChI=1S/C25H31N5O3/c1-15-22(29-25-26-10-3-11-27-25)20-14-18(24(32)28-19-8-12-33-13-9-19)6-7-21(20)30(16(2)31)23(15)17-4-5-17/h3,6-7,10-11,14-15,17,19,22-23H,4-5,8-9,12-13H2,1-2H3,(H,28,32)(H,26,27,29). The van der Waals surface area contributed by atoms with E-state index in [2.05, 4.69) is 27.5 Å². The molecule has 0 bridgehead atoms. The molecule has 0 radical (unpaired) electrons. The van der Waals surface area contributed by atoms with Crippen LogP contribution in [0.3, 0.4) is 0 Å². The summed E-state index contributed by atoms with van der Waals surface area (Å²) < 4.78 is 5.40. The molecular formula is C25H31N5O3. The predicted molar refractivity (Wildman–Crippen MR) is 125 cm³/mol. The third kappa shape index (κ3) is 4.44. The molecule has 5 rings (SSSR count). The van der Waals surface area contributed by atoms with Crippen molar-refractivity contribution in [1.29, 1.82) is 0 Å². The molecule has 3 atom stereocenters. The Balaban J connectivity index is 1.51. The maximum absolute atomic E-state index is 13.1. The van der Waals surface area contributed by atoms with Crippen LogP contribution in [0.2, 0.25) is 0 Å². The van der Waals surface area contributed by atoms with Crippen molar-refractivity contribution in [2.75, 3.05) is 23.4 Å². The average Bonchev–Trinajstić information content (AvgIpc) is 3.66. The van der Waals surface area contributed by atoms with Gasteiger partial charge < -0.3 is 20.3 Å². The molecule has 3 heterocycles. The molecule has 1 saturated heterocycles. The second-order valence-electron chi connectivity index (χ2n) is 9.40. The van der Waals surface area contributed by atoms with Crippen molar-refractivity contribution in [3.63, 3.8) is 0 Å². The van der Waals surface area contributed by atoms with Gasteiger partial charge in [-0.05, 0) is 61.4 Å². The number of ether oxygens (including phenoxy) is 1. The van der Waals surface area contributed by atoms with Gasteiger partial charge in [0.05, 0.1) is 6.04 Å². The number of rotatable bonds is 5. The lowest BCUT2D eigenvalue weighted by atomic mass is 9.79. The summed E-state index contributed by atoms with van der Waals surface area (Å²) in [6.45, 7) is 5.15. The van der Waals surface area contributed by atoms with E-state index in [0.29, 0.717) is 30.6 Å². The zero-order valence-electron chi connectivity index (χ0n) is 19.2. The summed E-state index contributed by atoms with van der Waals surface area (Å²) in [5.41, 5.74) is 2.40. The van der Waals surface area contributed by atoms with Crippen LogP contribution in [0.25, 0.3) is 0 Å². The fraction of sp³-hybridized carbons (Fsp3) is 0.520. The van der Waals surface area contributed by atoms with E-state index in [9.17, 15) is 9.59 Å². The van der Waals surface area contributed by atoms with Crippen LogP contribution in [0.1, 0.15) is 61.5 Å². The summed E-state index contributed by atoms with van der Waals surface area (Å²) in [5, 5.41) is 6.64. The molecule has 2 fully saturated rings. The Morgan fingerprint density at radius 3 is 2.48 bits per heavy atom. The molecule has 2 aromatic rings. The van der Waals surface area contributed by atoms with Crippen LogP contribution in [0, 0.1) is 11.8 Å². The van der Waals surface area contributed by atoms with Crippen LogP contribution in [0.5, 0.6) is 0 Å². The number of amides is 2. The van der Waals surface area contributed by atoms with Crippen molar-refractivity contribution in [2.45, 2.75) is 57.7 Å². The molecule has 1 saturated carbocycles. The van der Waals surface area contributed by atoms with E-state index in [4.69, 9.17) is 4.74 Å². The summed E-state index contributed by atoms with van der Waals surface area (Å²) in [6, 6.07) is 7.60. The maximum Gasteiger partial charge on any atom is 0.251 e. The highest BCUT2D eigenvalue weighted by atomic mass is 16.5. The van der Waals surface area contributed by atoms with Crippen LogP contribution >= 0.6 is 0 Å². The number of nitrogens with one attached hydrogen (secondary N) is 2. The van der Waals surface area contributed by atoms with Gasteiger partial charge in [-0.1, -0.05) is 6.92 Å². The molecule has 3 aliphatic rings. The highest BCUT2D eigenvalue weighted by Crippen LogP contribution is 2.50. The lowest BCUT2D eigenvalue weighted by Crippen LogP contribution is -2.51. The van der Waals surface area contributed by atoms with E-state index in [-0.39, 0.29) is 35.9 Å². The molecule has 1 aliphatic carbocycles. The van der Waals surface area contributed by atoms with Gasteiger partial charge in [0.1, 0.15) is 0 Å². The van der Waals surface area contributed by atoms with Crippen LogP contribution in [0.4, 0.5) is 11.6 Å². The highest BCUT2D eigenvalue weighted by molar-refractivity contribution is 5.98. The molecule has 8 nitrogen and oxygen atoms in total. The molecule has 174 valence electrons. The number of aromatic nitrogens is 2.